The Morgan fingerprint density at radius 2 is 2.20 bits per heavy atom. The topological polar surface area (TPSA) is 90.0 Å². The van der Waals surface area contributed by atoms with Crippen molar-refractivity contribution < 1.29 is 12.8 Å². The highest BCUT2D eigenvalue weighted by Gasteiger charge is 2.11. The average Bonchev–Trinajstić information content (AvgIpc) is 2.76. The van der Waals surface area contributed by atoms with Gasteiger partial charge in [-0.05, 0) is 30.2 Å². The van der Waals surface area contributed by atoms with E-state index in [1.54, 1.807) is 10.9 Å². The third-order valence-corrected chi connectivity index (χ3v) is 3.67. The van der Waals surface area contributed by atoms with Gasteiger partial charge in [0.1, 0.15) is 5.82 Å². The highest BCUT2D eigenvalue weighted by atomic mass is 32.2. The normalized spacial score (nSPS) is 11.6. The van der Waals surface area contributed by atoms with Gasteiger partial charge in [0.15, 0.2) is 0 Å². The van der Waals surface area contributed by atoms with E-state index in [9.17, 15) is 12.8 Å². The van der Waals surface area contributed by atoms with Gasteiger partial charge in [0.25, 0.3) is 0 Å². The van der Waals surface area contributed by atoms with Crippen LogP contribution in [-0.4, -0.2) is 24.7 Å². The molecule has 8 heteroatoms. The molecule has 6 nitrogen and oxygen atoms in total. The minimum atomic E-state index is -3.88. The molecule has 0 aliphatic rings. The zero-order valence-corrected chi connectivity index (χ0v) is 11.7. The molecule has 0 saturated heterocycles. The van der Waals surface area contributed by atoms with E-state index < -0.39 is 15.8 Å². The second-order valence-electron chi connectivity index (χ2n) is 4.39. The number of hydrogen-bond donors (Lipinski definition) is 2. The molecule has 108 valence electrons. The summed E-state index contributed by atoms with van der Waals surface area (Å²) in [5.74, 6) is -0.650. The summed E-state index contributed by atoms with van der Waals surface area (Å²) < 4.78 is 37.6. The van der Waals surface area contributed by atoms with Gasteiger partial charge in [-0.15, -0.1) is 0 Å². The summed E-state index contributed by atoms with van der Waals surface area (Å²) in [5.41, 5.74) is 1.27. The third-order valence-electron chi connectivity index (χ3n) is 2.76. The number of hydrogen-bond acceptors (Lipinski definition) is 4. The van der Waals surface area contributed by atoms with Crippen LogP contribution in [0.5, 0.6) is 0 Å². The molecule has 0 amide bonds. The number of aryl methyl sites for hydroxylation is 1. The Kier molecular flexibility index (Phi) is 4.05. The first-order chi connectivity index (χ1) is 9.36. The summed E-state index contributed by atoms with van der Waals surface area (Å²) >= 11 is 0. The molecule has 0 saturated carbocycles. The van der Waals surface area contributed by atoms with Crippen LogP contribution < -0.4 is 10.5 Å². The highest BCUT2D eigenvalue weighted by Crippen LogP contribution is 2.18. The van der Waals surface area contributed by atoms with Crippen LogP contribution in [0.1, 0.15) is 5.56 Å². The summed E-state index contributed by atoms with van der Waals surface area (Å²) in [6.45, 7) is 0.511. The van der Waals surface area contributed by atoms with Crippen LogP contribution in [0.3, 0.4) is 0 Å². The largest absolute Gasteiger partial charge is 0.382 e. The number of aromatic nitrogens is 2. The molecule has 2 aromatic rings. The molecule has 1 heterocycles. The lowest BCUT2D eigenvalue weighted by Crippen LogP contribution is -2.13. The first-order valence-corrected chi connectivity index (χ1v) is 7.44. The minimum absolute atomic E-state index is 0.237. The van der Waals surface area contributed by atoms with Crippen LogP contribution in [0, 0.1) is 5.82 Å². The summed E-state index contributed by atoms with van der Waals surface area (Å²) in [6.07, 6.45) is 4.30. The molecule has 0 aliphatic carbocycles. The fraction of sp³-hybridized carbons (Fsp3) is 0.250. The lowest BCUT2D eigenvalue weighted by molar-refractivity contribution is 0.593. The Bertz CT molecular complexity index is 712. The molecule has 0 radical (unpaired) electrons. The third kappa shape index (κ3) is 3.55. The van der Waals surface area contributed by atoms with Crippen LogP contribution in [0.15, 0.2) is 35.5 Å². The monoisotopic (exact) mass is 298 g/mol. The van der Waals surface area contributed by atoms with Crippen LogP contribution >= 0.6 is 0 Å². The summed E-state index contributed by atoms with van der Waals surface area (Å²) in [4.78, 5) is -0.243. The standard InChI is InChI=1S/C12H15FN4O2S/c1-17-8-9(7-16-17)4-5-15-12-3-2-10(6-11(12)13)20(14,18)19/h2-3,6-8,15H,4-5H2,1H3,(H2,14,18,19). The van der Waals surface area contributed by atoms with Crippen molar-refractivity contribution in [3.05, 3.63) is 42.0 Å². The number of nitrogens with two attached hydrogens (primary N) is 1. The van der Waals surface area contributed by atoms with Gasteiger partial charge in [0, 0.05) is 19.8 Å². The summed E-state index contributed by atoms with van der Waals surface area (Å²) in [7, 11) is -2.06. The number of halogens is 1. The Morgan fingerprint density at radius 3 is 2.75 bits per heavy atom. The van der Waals surface area contributed by atoms with E-state index in [0.29, 0.717) is 13.0 Å². The SMILES string of the molecule is Cn1cc(CCNc2ccc(S(N)(=O)=O)cc2F)cn1. The smallest absolute Gasteiger partial charge is 0.238 e. The van der Waals surface area contributed by atoms with Gasteiger partial charge in [-0.1, -0.05) is 0 Å². The van der Waals surface area contributed by atoms with Crippen LogP contribution in [0.2, 0.25) is 0 Å². The molecule has 0 atom stereocenters. The molecule has 0 bridgehead atoms. The first-order valence-electron chi connectivity index (χ1n) is 5.90. The lowest BCUT2D eigenvalue weighted by Gasteiger charge is -2.08. The minimum Gasteiger partial charge on any atom is -0.382 e. The fourth-order valence-electron chi connectivity index (χ4n) is 1.76. The number of benzene rings is 1. The van der Waals surface area contributed by atoms with Crippen molar-refractivity contribution in [1.29, 1.82) is 0 Å². The quantitative estimate of drug-likeness (QED) is 0.856. The Hall–Kier alpha value is -1.93. The van der Waals surface area contributed by atoms with E-state index in [1.165, 1.54) is 12.1 Å². The van der Waals surface area contributed by atoms with Gasteiger partial charge in [-0.2, -0.15) is 5.10 Å². The van der Waals surface area contributed by atoms with Crippen molar-refractivity contribution in [3.63, 3.8) is 0 Å². The molecule has 0 aliphatic heterocycles. The van der Waals surface area contributed by atoms with Crippen LogP contribution in [-0.2, 0) is 23.5 Å². The maximum Gasteiger partial charge on any atom is 0.238 e. The fourth-order valence-corrected chi connectivity index (χ4v) is 2.28. The first kappa shape index (κ1) is 14.5. The maximum absolute atomic E-state index is 13.7. The molecular formula is C12H15FN4O2S. The molecule has 2 rings (SSSR count). The number of nitrogens with one attached hydrogen (secondary N) is 1. The van der Waals surface area contributed by atoms with Gasteiger partial charge >= 0.3 is 0 Å². The maximum atomic E-state index is 13.7. The predicted molar refractivity (Wildman–Crippen MR) is 73.2 cm³/mol. The van der Waals surface area contributed by atoms with Crippen molar-refractivity contribution >= 4 is 15.7 Å². The van der Waals surface area contributed by atoms with Gasteiger partial charge in [0.2, 0.25) is 10.0 Å². The Labute approximate surface area is 116 Å². The molecule has 3 N–H and O–H groups in total. The van der Waals surface area contributed by atoms with Crippen molar-refractivity contribution in [2.24, 2.45) is 12.2 Å². The number of sulfonamides is 1. The van der Waals surface area contributed by atoms with E-state index in [2.05, 4.69) is 10.4 Å². The zero-order chi connectivity index (χ0) is 14.8. The van der Waals surface area contributed by atoms with E-state index in [4.69, 9.17) is 5.14 Å². The Balaban J connectivity index is 2.00. The molecule has 0 fully saturated rings. The van der Waals surface area contributed by atoms with Gasteiger partial charge < -0.3 is 5.32 Å². The molecule has 1 aromatic heterocycles. The number of anilines is 1. The number of rotatable bonds is 5. The van der Waals surface area contributed by atoms with Crippen molar-refractivity contribution in [2.45, 2.75) is 11.3 Å². The second-order valence-corrected chi connectivity index (χ2v) is 5.95. The van der Waals surface area contributed by atoms with Crippen LogP contribution in [0.25, 0.3) is 0 Å². The Morgan fingerprint density at radius 1 is 1.45 bits per heavy atom. The van der Waals surface area contributed by atoms with Crippen molar-refractivity contribution in [2.75, 3.05) is 11.9 Å². The summed E-state index contributed by atoms with van der Waals surface area (Å²) in [5, 5.41) is 11.9. The van der Waals surface area contributed by atoms with E-state index in [1.807, 2.05) is 13.2 Å². The second kappa shape index (κ2) is 5.59. The predicted octanol–water partition coefficient (Wildman–Crippen LogP) is 0.861. The highest BCUT2D eigenvalue weighted by molar-refractivity contribution is 7.89. The van der Waals surface area contributed by atoms with Crippen molar-refractivity contribution in [1.82, 2.24) is 9.78 Å². The molecule has 0 spiro atoms. The number of nitrogens with zero attached hydrogens (tertiary/aromatic N) is 2. The molecule has 20 heavy (non-hydrogen) atoms. The van der Waals surface area contributed by atoms with Crippen molar-refractivity contribution in [3.8, 4) is 0 Å². The van der Waals surface area contributed by atoms with Gasteiger partial charge in [-0.3, -0.25) is 4.68 Å². The zero-order valence-electron chi connectivity index (χ0n) is 10.9. The summed E-state index contributed by atoms with van der Waals surface area (Å²) in [6, 6.07) is 3.53. The number of primary sulfonamides is 1. The molecule has 1 aromatic carbocycles. The van der Waals surface area contributed by atoms with E-state index in [-0.39, 0.29) is 10.6 Å². The van der Waals surface area contributed by atoms with E-state index in [0.717, 1.165) is 11.6 Å². The van der Waals surface area contributed by atoms with E-state index >= 15 is 0 Å². The van der Waals surface area contributed by atoms with Gasteiger partial charge in [-0.25, -0.2) is 17.9 Å². The molecule has 0 unspecified atom stereocenters. The van der Waals surface area contributed by atoms with Gasteiger partial charge in [0.05, 0.1) is 16.8 Å². The molecular weight excluding hydrogens is 283 g/mol. The van der Waals surface area contributed by atoms with Crippen LogP contribution in [0.4, 0.5) is 10.1 Å². The lowest BCUT2D eigenvalue weighted by atomic mass is 10.2. The average molecular weight is 298 g/mol.